The Morgan fingerprint density at radius 1 is 1.27 bits per heavy atom. The Hall–Kier alpha value is -3.07. The Morgan fingerprint density at radius 3 is 2.86 bits per heavy atom. The minimum Gasteiger partial charge on any atom is -0.339 e. The van der Waals surface area contributed by atoms with E-state index in [9.17, 15) is 4.79 Å². The Kier molecular flexibility index (Phi) is 3.62. The molecule has 2 amide bonds. The van der Waals surface area contributed by atoms with Crippen LogP contribution in [0.3, 0.4) is 0 Å². The number of amides is 2. The zero-order valence-corrected chi connectivity index (χ0v) is 12.2. The van der Waals surface area contributed by atoms with Crippen molar-refractivity contribution in [1.29, 1.82) is 5.26 Å². The van der Waals surface area contributed by atoms with E-state index in [-0.39, 0.29) is 6.03 Å². The summed E-state index contributed by atoms with van der Waals surface area (Å²) in [5.74, 6) is 0.506. The molecule has 1 saturated heterocycles. The Morgan fingerprint density at radius 2 is 2.14 bits per heavy atom. The summed E-state index contributed by atoms with van der Waals surface area (Å²) in [5.41, 5.74) is 2.09. The van der Waals surface area contributed by atoms with E-state index in [0.717, 1.165) is 17.9 Å². The zero-order chi connectivity index (χ0) is 15.5. The summed E-state index contributed by atoms with van der Waals surface area (Å²) >= 11 is 0. The summed E-state index contributed by atoms with van der Waals surface area (Å²) in [6, 6.07) is 13.1. The van der Waals surface area contributed by atoms with Gasteiger partial charge in [0.1, 0.15) is 11.9 Å². The van der Waals surface area contributed by atoms with E-state index >= 15 is 0 Å². The van der Waals surface area contributed by atoms with Crippen LogP contribution in [0.4, 0.5) is 22.0 Å². The third-order valence-corrected chi connectivity index (χ3v) is 3.57. The molecule has 1 N–H and O–H groups in total. The number of nitrogens with zero attached hydrogens (tertiary/aromatic N) is 4. The highest BCUT2D eigenvalue weighted by atomic mass is 16.2. The lowest BCUT2D eigenvalue weighted by molar-refractivity contribution is 0.229. The molecule has 110 valence electrons. The van der Waals surface area contributed by atoms with Crippen molar-refractivity contribution in [1.82, 2.24) is 9.88 Å². The molecule has 1 aliphatic rings. The van der Waals surface area contributed by atoms with Crippen molar-refractivity contribution in [3.63, 3.8) is 0 Å². The summed E-state index contributed by atoms with van der Waals surface area (Å²) < 4.78 is 0. The van der Waals surface area contributed by atoms with Crippen molar-refractivity contribution in [3.05, 3.63) is 48.2 Å². The van der Waals surface area contributed by atoms with Gasteiger partial charge in [-0.25, -0.2) is 9.78 Å². The molecule has 0 aliphatic carbocycles. The molecule has 22 heavy (non-hydrogen) atoms. The van der Waals surface area contributed by atoms with Crippen LogP contribution in [0, 0.1) is 11.3 Å². The van der Waals surface area contributed by atoms with E-state index in [4.69, 9.17) is 5.26 Å². The fraction of sp³-hybridized carbons (Fsp3) is 0.188. The quantitative estimate of drug-likeness (QED) is 0.944. The molecule has 0 spiro atoms. The van der Waals surface area contributed by atoms with Crippen LogP contribution >= 0.6 is 0 Å². The average molecular weight is 293 g/mol. The topological polar surface area (TPSA) is 72.3 Å². The molecule has 0 bridgehead atoms. The summed E-state index contributed by atoms with van der Waals surface area (Å²) in [6.07, 6.45) is 1.63. The number of urea groups is 1. The van der Waals surface area contributed by atoms with Crippen LogP contribution < -0.4 is 10.2 Å². The van der Waals surface area contributed by atoms with E-state index in [2.05, 4.69) is 16.4 Å². The number of hydrogen-bond donors (Lipinski definition) is 1. The second-order valence-corrected chi connectivity index (χ2v) is 5.04. The van der Waals surface area contributed by atoms with Gasteiger partial charge >= 0.3 is 6.03 Å². The van der Waals surface area contributed by atoms with Gasteiger partial charge < -0.3 is 10.2 Å². The predicted molar refractivity (Wildman–Crippen MR) is 84.0 cm³/mol. The highest BCUT2D eigenvalue weighted by molar-refractivity contribution is 5.94. The standard InChI is InChI=1S/C16H15N5O/c1-20-8-9-21(16(20)22)14-6-2-5-13(10-14)19-15-12(11-17)4-3-7-18-15/h2-7,10H,8-9H2,1H3,(H,18,19). The van der Waals surface area contributed by atoms with Crippen molar-refractivity contribution < 1.29 is 4.79 Å². The van der Waals surface area contributed by atoms with Gasteiger partial charge in [-0.3, -0.25) is 4.90 Å². The number of hydrogen-bond acceptors (Lipinski definition) is 4. The van der Waals surface area contributed by atoms with Gasteiger partial charge in [0.25, 0.3) is 0 Å². The molecular formula is C16H15N5O. The summed E-state index contributed by atoms with van der Waals surface area (Å²) in [6.45, 7) is 1.39. The van der Waals surface area contributed by atoms with Gasteiger partial charge in [-0.05, 0) is 30.3 Å². The van der Waals surface area contributed by atoms with Crippen molar-refractivity contribution in [2.24, 2.45) is 0 Å². The molecule has 0 saturated carbocycles. The predicted octanol–water partition coefficient (Wildman–Crippen LogP) is 2.57. The fourth-order valence-electron chi connectivity index (χ4n) is 2.37. The second kappa shape index (κ2) is 5.74. The van der Waals surface area contributed by atoms with Gasteiger partial charge in [0, 0.05) is 37.7 Å². The third-order valence-electron chi connectivity index (χ3n) is 3.57. The smallest absolute Gasteiger partial charge is 0.324 e. The van der Waals surface area contributed by atoms with Gasteiger partial charge in [-0.2, -0.15) is 5.26 Å². The number of carbonyl (C=O) groups excluding carboxylic acids is 1. The first-order valence-corrected chi connectivity index (χ1v) is 6.94. The van der Waals surface area contributed by atoms with Gasteiger partial charge in [0.05, 0.1) is 5.56 Å². The molecule has 1 aromatic carbocycles. The van der Waals surface area contributed by atoms with Gasteiger partial charge in [0.2, 0.25) is 0 Å². The number of nitrogens with one attached hydrogen (secondary N) is 1. The summed E-state index contributed by atoms with van der Waals surface area (Å²) in [4.78, 5) is 19.6. The van der Waals surface area contributed by atoms with E-state index in [1.54, 1.807) is 35.2 Å². The molecule has 3 rings (SSSR count). The molecule has 6 heteroatoms. The molecule has 1 aromatic heterocycles. The maximum atomic E-state index is 12.1. The molecule has 2 aromatic rings. The minimum atomic E-state index is -0.00676. The largest absolute Gasteiger partial charge is 0.339 e. The number of aromatic nitrogens is 1. The Labute approximate surface area is 128 Å². The number of likely N-dealkylation sites (N-methyl/N-ethyl adjacent to an activating group) is 1. The maximum Gasteiger partial charge on any atom is 0.324 e. The van der Waals surface area contributed by atoms with Crippen LogP contribution in [-0.2, 0) is 0 Å². The van der Waals surface area contributed by atoms with Crippen molar-refractivity contribution in [3.8, 4) is 6.07 Å². The summed E-state index contributed by atoms with van der Waals surface area (Å²) in [5, 5.41) is 12.2. The lowest BCUT2D eigenvalue weighted by atomic mass is 10.2. The number of nitriles is 1. The normalized spacial score (nSPS) is 14.1. The first-order valence-electron chi connectivity index (χ1n) is 6.94. The second-order valence-electron chi connectivity index (χ2n) is 5.04. The molecule has 1 fully saturated rings. The van der Waals surface area contributed by atoms with Crippen molar-refractivity contribution in [2.45, 2.75) is 0 Å². The molecule has 0 atom stereocenters. The minimum absolute atomic E-state index is 0.00676. The molecule has 2 heterocycles. The third kappa shape index (κ3) is 2.56. The van der Waals surface area contributed by atoms with Crippen molar-refractivity contribution in [2.75, 3.05) is 30.4 Å². The Balaban J connectivity index is 1.86. The Bertz CT molecular complexity index is 752. The van der Waals surface area contributed by atoms with Crippen LogP contribution in [-0.4, -0.2) is 36.1 Å². The van der Waals surface area contributed by atoms with E-state index in [0.29, 0.717) is 17.9 Å². The maximum absolute atomic E-state index is 12.1. The highest BCUT2D eigenvalue weighted by Gasteiger charge is 2.26. The molecule has 0 unspecified atom stereocenters. The van der Waals surface area contributed by atoms with Crippen LogP contribution in [0.5, 0.6) is 0 Å². The monoisotopic (exact) mass is 293 g/mol. The first kappa shape index (κ1) is 13.9. The summed E-state index contributed by atoms with van der Waals surface area (Å²) in [7, 11) is 1.79. The van der Waals surface area contributed by atoms with E-state index in [1.165, 1.54) is 0 Å². The van der Waals surface area contributed by atoms with Crippen molar-refractivity contribution >= 4 is 23.2 Å². The number of anilines is 3. The van der Waals surface area contributed by atoms with Gasteiger partial charge in [-0.1, -0.05) is 6.07 Å². The number of rotatable bonds is 3. The number of benzene rings is 1. The van der Waals surface area contributed by atoms with Crippen LogP contribution in [0.1, 0.15) is 5.56 Å². The lowest BCUT2D eigenvalue weighted by Crippen LogP contribution is -2.29. The van der Waals surface area contributed by atoms with E-state index < -0.39 is 0 Å². The number of pyridine rings is 1. The number of carbonyl (C=O) groups is 1. The zero-order valence-electron chi connectivity index (χ0n) is 12.2. The molecule has 1 aliphatic heterocycles. The average Bonchev–Trinajstić information content (AvgIpc) is 2.88. The van der Waals surface area contributed by atoms with Gasteiger partial charge in [0.15, 0.2) is 0 Å². The molecular weight excluding hydrogens is 278 g/mol. The van der Waals surface area contributed by atoms with Crippen LogP contribution in [0.15, 0.2) is 42.6 Å². The molecule has 6 nitrogen and oxygen atoms in total. The van der Waals surface area contributed by atoms with E-state index in [1.807, 2.05) is 24.3 Å². The van der Waals surface area contributed by atoms with Crippen LogP contribution in [0.25, 0.3) is 0 Å². The highest BCUT2D eigenvalue weighted by Crippen LogP contribution is 2.25. The lowest BCUT2D eigenvalue weighted by Gasteiger charge is -2.17. The fourth-order valence-corrected chi connectivity index (χ4v) is 2.37. The molecule has 0 radical (unpaired) electrons. The van der Waals surface area contributed by atoms with Crippen LogP contribution in [0.2, 0.25) is 0 Å². The van der Waals surface area contributed by atoms with Gasteiger partial charge in [-0.15, -0.1) is 0 Å². The SMILES string of the molecule is CN1CCN(c2cccc(Nc3ncccc3C#N)c2)C1=O. The first-order chi connectivity index (χ1) is 10.7.